The first kappa shape index (κ1) is 22.8. The van der Waals surface area contributed by atoms with Gasteiger partial charge in [-0.3, -0.25) is 14.4 Å². The number of nitrogens with one attached hydrogen (secondary N) is 3. The minimum Gasteiger partial charge on any atom is -0.508 e. The molecule has 3 aromatic rings. The molecule has 4 N–H and O–H groups in total. The largest absolute Gasteiger partial charge is 0.508 e. The number of hydrogen-bond donors (Lipinski definition) is 4. The van der Waals surface area contributed by atoms with Gasteiger partial charge in [0, 0.05) is 36.3 Å². The van der Waals surface area contributed by atoms with Crippen LogP contribution in [-0.4, -0.2) is 42.0 Å². The molecule has 3 aromatic carbocycles. The van der Waals surface area contributed by atoms with E-state index in [1.807, 2.05) is 24.3 Å². The highest BCUT2D eigenvalue weighted by atomic mass is 16.5. The van der Waals surface area contributed by atoms with Gasteiger partial charge in [0.25, 0.3) is 17.7 Å². The minimum absolute atomic E-state index is 0.0270. The van der Waals surface area contributed by atoms with Crippen molar-refractivity contribution in [3.05, 3.63) is 89.5 Å². The molecule has 0 spiro atoms. The third kappa shape index (κ3) is 5.72. The standard InChI is InChI=1S/C26H25N3O5/c30-21-10-4-8-19(15-21)25(32)28-13-5-12-27-24(31)18-7-3-9-20(14-18)29-26(33)23-16-17-6-1-2-11-22(17)34-23/h1-4,6-11,14-15,23,30H,5,12-13,16H2,(H,27,31)(H,28,32)(H,29,33). The Morgan fingerprint density at radius 3 is 2.24 bits per heavy atom. The Hall–Kier alpha value is -4.33. The van der Waals surface area contributed by atoms with Gasteiger partial charge in [-0.25, -0.2) is 0 Å². The molecule has 1 unspecified atom stereocenters. The van der Waals surface area contributed by atoms with E-state index in [4.69, 9.17) is 4.74 Å². The van der Waals surface area contributed by atoms with E-state index in [-0.39, 0.29) is 23.5 Å². The lowest BCUT2D eigenvalue weighted by molar-refractivity contribution is -0.122. The van der Waals surface area contributed by atoms with Crippen molar-refractivity contribution in [3.63, 3.8) is 0 Å². The van der Waals surface area contributed by atoms with Gasteiger partial charge in [-0.1, -0.05) is 30.3 Å². The molecule has 8 nitrogen and oxygen atoms in total. The first-order chi connectivity index (χ1) is 16.5. The highest BCUT2D eigenvalue weighted by Crippen LogP contribution is 2.28. The van der Waals surface area contributed by atoms with Gasteiger partial charge in [0.15, 0.2) is 6.10 Å². The van der Waals surface area contributed by atoms with Crippen molar-refractivity contribution in [2.45, 2.75) is 18.9 Å². The minimum atomic E-state index is -0.607. The van der Waals surface area contributed by atoms with Gasteiger partial charge >= 0.3 is 0 Å². The summed E-state index contributed by atoms with van der Waals surface area (Å²) < 4.78 is 5.71. The van der Waals surface area contributed by atoms with Crippen LogP contribution in [0.4, 0.5) is 5.69 Å². The van der Waals surface area contributed by atoms with Crippen LogP contribution in [0.2, 0.25) is 0 Å². The van der Waals surface area contributed by atoms with Gasteiger partial charge in [-0.2, -0.15) is 0 Å². The summed E-state index contributed by atoms with van der Waals surface area (Å²) in [6, 6.07) is 20.3. The van der Waals surface area contributed by atoms with Crippen LogP contribution in [0, 0.1) is 0 Å². The molecular formula is C26H25N3O5. The van der Waals surface area contributed by atoms with Crippen molar-refractivity contribution < 1.29 is 24.2 Å². The molecule has 8 heteroatoms. The first-order valence-electron chi connectivity index (χ1n) is 11.0. The number of rotatable bonds is 8. The van der Waals surface area contributed by atoms with Gasteiger partial charge in [-0.15, -0.1) is 0 Å². The third-order valence-corrected chi connectivity index (χ3v) is 5.36. The smallest absolute Gasteiger partial charge is 0.265 e. The molecular weight excluding hydrogens is 434 g/mol. The number of anilines is 1. The summed E-state index contributed by atoms with van der Waals surface area (Å²) in [5.74, 6) is -0.0933. The second-order valence-electron chi connectivity index (χ2n) is 7.90. The molecule has 0 aromatic heterocycles. The van der Waals surface area contributed by atoms with E-state index in [0.717, 1.165) is 5.56 Å². The zero-order valence-electron chi connectivity index (χ0n) is 18.4. The molecule has 0 saturated carbocycles. The number of carbonyl (C=O) groups excluding carboxylic acids is 3. The third-order valence-electron chi connectivity index (χ3n) is 5.36. The van der Waals surface area contributed by atoms with Crippen LogP contribution in [0.3, 0.4) is 0 Å². The fourth-order valence-electron chi connectivity index (χ4n) is 3.63. The maximum atomic E-state index is 12.6. The topological polar surface area (TPSA) is 117 Å². The first-order valence-corrected chi connectivity index (χ1v) is 11.0. The Balaban J connectivity index is 1.21. The van der Waals surface area contributed by atoms with Crippen LogP contribution in [0.15, 0.2) is 72.8 Å². The maximum absolute atomic E-state index is 12.6. The van der Waals surface area contributed by atoms with Gasteiger partial charge in [0.05, 0.1) is 0 Å². The van der Waals surface area contributed by atoms with Crippen molar-refractivity contribution >= 4 is 23.4 Å². The number of amides is 3. The van der Waals surface area contributed by atoms with E-state index in [2.05, 4.69) is 16.0 Å². The zero-order valence-corrected chi connectivity index (χ0v) is 18.4. The van der Waals surface area contributed by atoms with E-state index in [9.17, 15) is 19.5 Å². The highest BCUT2D eigenvalue weighted by Gasteiger charge is 2.28. The Bertz CT molecular complexity index is 1190. The van der Waals surface area contributed by atoms with Crippen molar-refractivity contribution in [2.75, 3.05) is 18.4 Å². The van der Waals surface area contributed by atoms with E-state index in [0.29, 0.717) is 48.5 Å². The number of fused-ring (bicyclic) bond motifs is 1. The predicted molar refractivity (Wildman–Crippen MR) is 127 cm³/mol. The average Bonchev–Trinajstić information content (AvgIpc) is 3.28. The maximum Gasteiger partial charge on any atom is 0.265 e. The summed E-state index contributed by atoms with van der Waals surface area (Å²) in [6.07, 6.45) is 0.432. The molecule has 0 fully saturated rings. The van der Waals surface area contributed by atoms with Crippen LogP contribution >= 0.6 is 0 Å². The molecule has 0 aliphatic carbocycles. The second kappa shape index (κ2) is 10.5. The van der Waals surface area contributed by atoms with Gasteiger partial charge < -0.3 is 25.8 Å². The van der Waals surface area contributed by atoms with Crippen LogP contribution < -0.4 is 20.7 Å². The molecule has 1 heterocycles. The highest BCUT2D eigenvalue weighted by molar-refractivity contribution is 5.98. The molecule has 1 aliphatic rings. The average molecular weight is 460 g/mol. The number of para-hydroxylation sites is 1. The number of benzene rings is 3. The summed E-state index contributed by atoms with van der Waals surface area (Å²) in [7, 11) is 0. The van der Waals surface area contributed by atoms with E-state index >= 15 is 0 Å². The Morgan fingerprint density at radius 2 is 1.53 bits per heavy atom. The molecule has 3 amide bonds. The lowest BCUT2D eigenvalue weighted by Crippen LogP contribution is -2.31. The lowest BCUT2D eigenvalue weighted by atomic mass is 10.1. The lowest BCUT2D eigenvalue weighted by Gasteiger charge is -2.12. The molecule has 0 saturated heterocycles. The van der Waals surface area contributed by atoms with Crippen LogP contribution in [0.5, 0.6) is 11.5 Å². The fourth-order valence-corrected chi connectivity index (χ4v) is 3.63. The molecule has 34 heavy (non-hydrogen) atoms. The van der Waals surface area contributed by atoms with Crippen LogP contribution in [0.25, 0.3) is 0 Å². The van der Waals surface area contributed by atoms with Gasteiger partial charge in [0.1, 0.15) is 11.5 Å². The monoisotopic (exact) mass is 459 g/mol. The summed E-state index contributed by atoms with van der Waals surface area (Å²) in [5, 5.41) is 17.8. The molecule has 1 aliphatic heterocycles. The second-order valence-corrected chi connectivity index (χ2v) is 7.90. The fraction of sp³-hybridized carbons (Fsp3) is 0.192. The summed E-state index contributed by atoms with van der Waals surface area (Å²) in [6.45, 7) is 0.735. The Kier molecular flexibility index (Phi) is 7.07. The number of carbonyl (C=O) groups is 3. The SMILES string of the molecule is O=C(NCCCNC(=O)c1cccc(NC(=O)C2Cc3ccccc3O2)c1)c1cccc(O)c1. The Morgan fingerprint density at radius 1 is 0.853 bits per heavy atom. The van der Waals surface area contributed by atoms with E-state index in [1.165, 1.54) is 12.1 Å². The molecule has 1 atom stereocenters. The van der Waals surface area contributed by atoms with E-state index in [1.54, 1.807) is 36.4 Å². The summed E-state index contributed by atoms with van der Waals surface area (Å²) in [5.41, 5.74) is 2.29. The van der Waals surface area contributed by atoms with Crippen molar-refractivity contribution in [3.8, 4) is 11.5 Å². The molecule has 0 radical (unpaired) electrons. The predicted octanol–water partition coefficient (Wildman–Crippen LogP) is 2.88. The van der Waals surface area contributed by atoms with Crippen molar-refractivity contribution in [1.82, 2.24) is 10.6 Å². The number of aromatic hydroxyl groups is 1. The summed E-state index contributed by atoms with van der Waals surface area (Å²) >= 11 is 0. The molecule has 4 rings (SSSR count). The van der Waals surface area contributed by atoms with Gasteiger partial charge in [0.2, 0.25) is 0 Å². The van der Waals surface area contributed by atoms with Gasteiger partial charge in [-0.05, 0) is 54.4 Å². The normalized spacial score (nSPS) is 13.9. The van der Waals surface area contributed by atoms with E-state index < -0.39 is 6.10 Å². The number of ether oxygens (including phenoxy) is 1. The quantitative estimate of drug-likeness (QED) is 0.387. The molecule has 0 bridgehead atoms. The van der Waals surface area contributed by atoms with Crippen LogP contribution in [0.1, 0.15) is 32.7 Å². The number of hydrogen-bond acceptors (Lipinski definition) is 5. The Labute approximate surface area is 197 Å². The number of phenolic OH excluding ortho intramolecular Hbond substituents is 1. The van der Waals surface area contributed by atoms with Crippen molar-refractivity contribution in [2.24, 2.45) is 0 Å². The van der Waals surface area contributed by atoms with Crippen LogP contribution in [-0.2, 0) is 11.2 Å². The number of phenols is 1. The van der Waals surface area contributed by atoms with Crippen molar-refractivity contribution in [1.29, 1.82) is 0 Å². The molecule has 174 valence electrons. The zero-order chi connectivity index (χ0) is 23.9. The summed E-state index contributed by atoms with van der Waals surface area (Å²) in [4.78, 5) is 37.1.